The van der Waals surface area contributed by atoms with Crippen molar-refractivity contribution >= 4 is 54.3 Å². The molecule has 1 heteroatoms. The number of fused-ring (bicyclic) bond motifs is 6. The predicted octanol–water partition coefficient (Wildman–Crippen LogP) is 13.7. The zero-order chi connectivity index (χ0) is 58.4. The van der Waals surface area contributed by atoms with Crippen molar-refractivity contribution in [2.24, 2.45) is 0 Å². The van der Waals surface area contributed by atoms with Gasteiger partial charge < -0.3 is 4.42 Å². The number of benzene rings is 9. The normalized spacial score (nSPS) is 20.2. The first-order valence-electron chi connectivity index (χ1n) is 29.4. The average Bonchev–Trinajstić information content (AvgIpc) is 4.07. The molecule has 49 heavy (non-hydrogen) atoms. The zero-order valence-corrected chi connectivity index (χ0v) is 24.4. The van der Waals surface area contributed by atoms with Crippen LogP contribution in [0.4, 0.5) is 0 Å². The maximum atomic E-state index is 9.80. The molecular weight excluding hydrogens is 593 g/mol. The van der Waals surface area contributed by atoms with Crippen LogP contribution < -0.4 is 0 Å². The Morgan fingerprint density at radius 2 is 0.857 bits per heavy atom. The third kappa shape index (κ3) is 4.47. The summed E-state index contributed by atoms with van der Waals surface area (Å²) in [4.78, 5) is 0. The standard InChI is InChI=1S/C48H30O/c1-3-12-31(13-4-1)35-26-27-43-45(30-35)49-44-21-11-20-38(48(43)44)36-24-22-34-29-37(25-23-33(34)28-36)47-41-18-9-7-16-39(41)46(32-14-5-2-6-15-32)40-17-8-10-19-42(40)47/h1-30H/i1D,2D,3D,4D,5D,6D,7D,8D,9D,10D,11D,12D,13D,14D,15D,16D,17D,18D,19D,20D,21D,22D,23D,24D,25D,26D,27D,28D,29D,30D. The highest BCUT2D eigenvalue weighted by Crippen LogP contribution is 2.44. The molecule has 0 saturated carbocycles. The molecule has 10 rings (SSSR count). The van der Waals surface area contributed by atoms with E-state index in [4.69, 9.17) is 27.7 Å². The van der Waals surface area contributed by atoms with Crippen molar-refractivity contribution in [1.82, 2.24) is 0 Å². The van der Waals surface area contributed by atoms with Gasteiger partial charge in [-0.3, -0.25) is 0 Å². The van der Waals surface area contributed by atoms with Crippen LogP contribution in [-0.4, -0.2) is 0 Å². The Bertz CT molecular complexity index is 4460. The van der Waals surface area contributed by atoms with E-state index in [2.05, 4.69) is 0 Å². The van der Waals surface area contributed by atoms with Gasteiger partial charge >= 0.3 is 0 Å². The smallest absolute Gasteiger partial charge is 0.136 e. The molecule has 0 spiro atoms. The minimum Gasteiger partial charge on any atom is -0.456 e. The first kappa shape index (κ1) is 11.1. The van der Waals surface area contributed by atoms with E-state index in [1.54, 1.807) is 0 Å². The van der Waals surface area contributed by atoms with Crippen LogP contribution in [0, 0.1) is 0 Å². The van der Waals surface area contributed by atoms with Crippen molar-refractivity contribution in [3.05, 3.63) is 181 Å². The molecule has 10 aromatic rings. The van der Waals surface area contributed by atoms with Gasteiger partial charge in [0.1, 0.15) is 11.2 Å². The van der Waals surface area contributed by atoms with E-state index in [-0.39, 0.29) is 0 Å². The van der Waals surface area contributed by atoms with Gasteiger partial charge in [0.25, 0.3) is 0 Å². The van der Waals surface area contributed by atoms with E-state index in [0.29, 0.717) is 0 Å². The lowest BCUT2D eigenvalue weighted by atomic mass is 9.85. The molecule has 0 atom stereocenters. The third-order valence-corrected chi connectivity index (χ3v) is 7.82. The van der Waals surface area contributed by atoms with Crippen molar-refractivity contribution in [3.8, 4) is 44.5 Å². The molecule has 0 aliphatic heterocycles. The first-order chi connectivity index (χ1) is 36.8. The fourth-order valence-corrected chi connectivity index (χ4v) is 5.76. The molecule has 0 saturated heterocycles. The van der Waals surface area contributed by atoms with Crippen LogP contribution in [-0.2, 0) is 0 Å². The second-order valence-electron chi connectivity index (χ2n) is 10.5. The van der Waals surface area contributed by atoms with Crippen LogP contribution in [0.15, 0.2) is 186 Å². The minimum atomic E-state index is -1.09. The lowest BCUT2D eigenvalue weighted by Crippen LogP contribution is -1.90. The molecule has 0 aliphatic carbocycles. The van der Waals surface area contributed by atoms with Crippen LogP contribution in [0.3, 0.4) is 0 Å². The van der Waals surface area contributed by atoms with E-state index < -0.39 is 280 Å². The van der Waals surface area contributed by atoms with Gasteiger partial charge in [-0.1, -0.05) is 151 Å². The summed E-state index contributed by atoms with van der Waals surface area (Å²) >= 11 is 0. The van der Waals surface area contributed by atoms with Gasteiger partial charge in [0.05, 0.1) is 41.1 Å². The molecule has 1 nitrogen and oxygen atoms in total. The summed E-state index contributed by atoms with van der Waals surface area (Å²) in [6, 6.07) is -28.3. The molecule has 0 amide bonds. The van der Waals surface area contributed by atoms with Gasteiger partial charge in [-0.2, -0.15) is 0 Å². The Labute approximate surface area is 326 Å². The van der Waals surface area contributed by atoms with E-state index >= 15 is 0 Å². The largest absolute Gasteiger partial charge is 0.456 e. The van der Waals surface area contributed by atoms with Crippen LogP contribution >= 0.6 is 0 Å². The summed E-state index contributed by atoms with van der Waals surface area (Å²) in [5.74, 6) is 0. The SMILES string of the molecule is [2H]c1c([2H])c([2H])c(-c2c([2H])c([2H])c3c(oc4c([2H])c([2H])c([2H])c(-c5c([2H])c([2H])c6c([2H])c(-c7c8c([2H])c([2H])c([2H])c([2H])c8c(-c8c([2H])c([2H])c([2H])c([2H])c8[2H])c8c([2H])c([2H])c([2H])c([2H])c78)c([2H])c([2H])c6c5[2H])c43)c2[2H])c([2H])c1[2H]. The van der Waals surface area contributed by atoms with Gasteiger partial charge in [0.15, 0.2) is 0 Å². The lowest BCUT2D eigenvalue weighted by molar-refractivity contribution is 0.669. The summed E-state index contributed by atoms with van der Waals surface area (Å²) in [5.41, 5.74) is -7.20. The third-order valence-electron chi connectivity index (χ3n) is 7.82. The predicted molar refractivity (Wildman–Crippen MR) is 208 cm³/mol. The molecule has 9 aromatic carbocycles. The molecule has 0 fully saturated rings. The van der Waals surface area contributed by atoms with Crippen LogP contribution in [0.1, 0.15) is 41.1 Å². The molecule has 0 N–H and O–H groups in total. The molecular formula is C48H30O. The van der Waals surface area contributed by atoms with Gasteiger partial charge in [-0.05, 0) is 107 Å². The molecule has 0 unspecified atom stereocenters. The van der Waals surface area contributed by atoms with Crippen LogP contribution in [0.25, 0.3) is 98.8 Å². The summed E-state index contributed by atoms with van der Waals surface area (Å²) in [7, 11) is 0. The maximum absolute atomic E-state index is 9.80. The number of hydrogen-bond acceptors (Lipinski definition) is 1. The Morgan fingerprint density at radius 1 is 0.327 bits per heavy atom. The fourth-order valence-electron chi connectivity index (χ4n) is 5.76. The number of hydrogen-bond donors (Lipinski definition) is 0. The fraction of sp³-hybridized carbons (Fsp3) is 0. The van der Waals surface area contributed by atoms with Gasteiger partial charge in [-0.15, -0.1) is 0 Å². The minimum absolute atomic E-state index is 0.540. The quantitative estimate of drug-likeness (QED) is 0.172. The topological polar surface area (TPSA) is 13.1 Å². The van der Waals surface area contributed by atoms with Crippen LogP contribution in [0.5, 0.6) is 0 Å². The summed E-state index contributed by atoms with van der Waals surface area (Å²) in [6.07, 6.45) is 0. The Morgan fingerprint density at radius 3 is 1.51 bits per heavy atom. The van der Waals surface area contributed by atoms with Gasteiger partial charge in [-0.25, -0.2) is 0 Å². The molecule has 1 heterocycles. The highest BCUT2D eigenvalue weighted by Gasteiger charge is 2.17. The molecule has 1 aromatic heterocycles. The highest BCUT2D eigenvalue weighted by molar-refractivity contribution is 6.22. The van der Waals surface area contributed by atoms with Gasteiger partial charge in [0.2, 0.25) is 0 Å². The number of rotatable bonds is 4. The second kappa shape index (κ2) is 11.1. The Hall–Kier alpha value is -6.44. The monoisotopic (exact) mass is 652 g/mol. The summed E-state index contributed by atoms with van der Waals surface area (Å²) < 4.78 is 275. The van der Waals surface area contributed by atoms with Crippen molar-refractivity contribution < 1.29 is 45.5 Å². The van der Waals surface area contributed by atoms with Crippen molar-refractivity contribution in [2.75, 3.05) is 0 Å². The molecule has 228 valence electrons. The molecule has 0 bridgehead atoms. The van der Waals surface area contributed by atoms with E-state index in [0.717, 1.165) is 0 Å². The maximum Gasteiger partial charge on any atom is 0.136 e. The second-order valence-corrected chi connectivity index (χ2v) is 10.5. The first-order valence-corrected chi connectivity index (χ1v) is 14.4. The van der Waals surface area contributed by atoms with E-state index in [9.17, 15) is 17.8 Å². The average molecular weight is 653 g/mol. The van der Waals surface area contributed by atoms with Crippen LogP contribution in [0.2, 0.25) is 0 Å². The lowest BCUT2D eigenvalue weighted by Gasteiger charge is -2.18. The van der Waals surface area contributed by atoms with Crippen molar-refractivity contribution in [3.63, 3.8) is 0 Å². The number of furan rings is 1. The Kier molecular flexibility index (Phi) is 2.50. The van der Waals surface area contributed by atoms with E-state index in [1.165, 1.54) is 0 Å². The summed E-state index contributed by atoms with van der Waals surface area (Å²) in [6.45, 7) is 0. The van der Waals surface area contributed by atoms with Crippen molar-refractivity contribution in [1.29, 1.82) is 0 Å². The zero-order valence-electron chi connectivity index (χ0n) is 54.4. The highest BCUT2D eigenvalue weighted by atomic mass is 16.3. The molecule has 0 radical (unpaired) electrons. The summed E-state index contributed by atoms with van der Waals surface area (Å²) in [5, 5.41) is -5.55. The van der Waals surface area contributed by atoms with E-state index in [1.807, 2.05) is 0 Å². The Balaban J connectivity index is 1.39. The molecule has 0 aliphatic rings. The van der Waals surface area contributed by atoms with Crippen molar-refractivity contribution in [2.45, 2.75) is 0 Å². The van der Waals surface area contributed by atoms with Gasteiger partial charge in [0, 0.05) is 10.8 Å².